The number of aromatic nitrogens is 1. The lowest BCUT2D eigenvalue weighted by Crippen LogP contribution is -2.45. The summed E-state index contributed by atoms with van der Waals surface area (Å²) in [6.07, 6.45) is 6.86. The average molecular weight is 307 g/mol. The first-order chi connectivity index (χ1) is 10.4. The molecule has 0 bridgehead atoms. The predicted octanol–water partition coefficient (Wildman–Crippen LogP) is 2.66. The minimum absolute atomic E-state index is 0.0669. The Morgan fingerprint density at radius 1 is 1.59 bits per heavy atom. The first kappa shape index (κ1) is 16.2. The minimum Gasteiger partial charge on any atom is -0.366 e. The highest BCUT2D eigenvalue weighted by Crippen LogP contribution is 2.27. The number of hydrogen-bond donors (Lipinski definition) is 2. The Balaban J connectivity index is 2.19. The van der Waals surface area contributed by atoms with Gasteiger partial charge in [-0.2, -0.15) is 0 Å². The molecule has 1 atom stereocenters. The zero-order valence-corrected chi connectivity index (χ0v) is 12.6. The zero-order chi connectivity index (χ0) is 16.3. The van der Waals surface area contributed by atoms with E-state index in [9.17, 15) is 13.6 Å². The second kappa shape index (κ2) is 6.30. The van der Waals surface area contributed by atoms with Crippen molar-refractivity contribution in [1.82, 2.24) is 10.3 Å². The summed E-state index contributed by atoms with van der Waals surface area (Å²) in [5.74, 6) is 1.63. The van der Waals surface area contributed by atoms with Crippen molar-refractivity contribution in [3.05, 3.63) is 23.6 Å². The van der Waals surface area contributed by atoms with Gasteiger partial charge in [-0.1, -0.05) is 12.8 Å². The van der Waals surface area contributed by atoms with Crippen molar-refractivity contribution < 1.29 is 13.6 Å². The molecule has 0 radical (unpaired) electrons. The van der Waals surface area contributed by atoms with Gasteiger partial charge in [-0.3, -0.25) is 4.79 Å². The Morgan fingerprint density at radius 3 is 2.82 bits per heavy atom. The molecule has 1 aromatic heterocycles. The molecule has 0 aromatic carbocycles. The number of halogens is 2. The molecule has 2 rings (SSSR count). The molecule has 1 aliphatic rings. The summed E-state index contributed by atoms with van der Waals surface area (Å²) in [4.78, 5) is 16.3. The molecule has 4 nitrogen and oxygen atoms in total. The molecule has 22 heavy (non-hydrogen) atoms. The molecule has 0 saturated heterocycles. The third kappa shape index (κ3) is 3.53. The van der Waals surface area contributed by atoms with Crippen molar-refractivity contribution in [2.24, 2.45) is 0 Å². The standard InChI is InChI=1S/C16H19F2N3O/c1-4-16(3,5-2)21-15(22)13-8-11(18)9-19-14(13)20-12-6-10(17)7-12/h1,8-10,12H,5-7H2,2-3H3,(H,19,20)(H,21,22). The number of carbonyl (C=O) groups is 1. The normalized spacial score (nSPS) is 22.9. The average Bonchev–Trinajstić information content (AvgIpc) is 2.47. The number of alkyl halides is 1. The Hall–Kier alpha value is -2.16. The fourth-order valence-corrected chi connectivity index (χ4v) is 2.13. The molecule has 1 aromatic rings. The summed E-state index contributed by atoms with van der Waals surface area (Å²) in [6, 6.07) is 1.01. The molecular weight excluding hydrogens is 288 g/mol. The molecule has 6 heteroatoms. The summed E-state index contributed by atoms with van der Waals surface area (Å²) in [6.45, 7) is 3.56. The van der Waals surface area contributed by atoms with Crippen LogP contribution in [0.5, 0.6) is 0 Å². The summed E-state index contributed by atoms with van der Waals surface area (Å²) in [7, 11) is 0. The second-order valence-corrected chi connectivity index (χ2v) is 5.74. The lowest BCUT2D eigenvalue weighted by molar-refractivity contribution is 0.0923. The van der Waals surface area contributed by atoms with Crippen LogP contribution in [0.4, 0.5) is 14.6 Å². The van der Waals surface area contributed by atoms with E-state index in [4.69, 9.17) is 6.42 Å². The maximum Gasteiger partial charge on any atom is 0.256 e. The van der Waals surface area contributed by atoms with Crippen molar-refractivity contribution in [3.63, 3.8) is 0 Å². The quantitative estimate of drug-likeness (QED) is 0.822. The van der Waals surface area contributed by atoms with Crippen molar-refractivity contribution in [2.75, 3.05) is 5.32 Å². The predicted molar refractivity (Wildman–Crippen MR) is 80.7 cm³/mol. The number of pyridine rings is 1. The van der Waals surface area contributed by atoms with E-state index in [-0.39, 0.29) is 17.4 Å². The van der Waals surface area contributed by atoms with Crippen LogP contribution in [0.25, 0.3) is 0 Å². The lowest BCUT2D eigenvalue weighted by Gasteiger charge is -2.31. The third-order valence-electron chi connectivity index (χ3n) is 3.94. The van der Waals surface area contributed by atoms with Crippen molar-refractivity contribution in [3.8, 4) is 12.3 Å². The van der Waals surface area contributed by atoms with Gasteiger partial charge in [0.2, 0.25) is 0 Å². The topological polar surface area (TPSA) is 54.0 Å². The van der Waals surface area contributed by atoms with E-state index in [0.29, 0.717) is 19.3 Å². The van der Waals surface area contributed by atoms with E-state index in [1.807, 2.05) is 6.92 Å². The van der Waals surface area contributed by atoms with Crippen molar-refractivity contribution in [2.45, 2.75) is 50.9 Å². The molecule has 1 amide bonds. The summed E-state index contributed by atoms with van der Waals surface area (Å²) in [5, 5.41) is 5.68. The molecular formula is C16H19F2N3O. The number of carbonyl (C=O) groups excluding carboxylic acids is 1. The number of hydrogen-bond acceptors (Lipinski definition) is 3. The molecule has 0 aliphatic heterocycles. The highest BCUT2D eigenvalue weighted by molar-refractivity contribution is 5.99. The van der Waals surface area contributed by atoms with Crippen molar-refractivity contribution >= 4 is 11.7 Å². The smallest absolute Gasteiger partial charge is 0.256 e. The number of terminal acetylenes is 1. The van der Waals surface area contributed by atoms with E-state index in [0.717, 1.165) is 12.3 Å². The summed E-state index contributed by atoms with van der Waals surface area (Å²) in [5.41, 5.74) is -0.751. The first-order valence-electron chi connectivity index (χ1n) is 7.23. The fourth-order valence-electron chi connectivity index (χ4n) is 2.13. The molecule has 1 aliphatic carbocycles. The molecule has 1 fully saturated rings. The van der Waals surface area contributed by atoms with Gasteiger partial charge in [0, 0.05) is 6.04 Å². The Morgan fingerprint density at radius 2 is 2.27 bits per heavy atom. The number of amides is 1. The van der Waals surface area contributed by atoms with Gasteiger partial charge < -0.3 is 10.6 Å². The fraction of sp³-hybridized carbons (Fsp3) is 0.500. The van der Waals surface area contributed by atoms with Crippen LogP contribution in [-0.4, -0.2) is 28.6 Å². The van der Waals surface area contributed by atoms with Gasteiger partial charge in [0.05, 0.1) is 17.3 Å². The number of rotatable bonds is 5. The van der Waals surface area contributed by atoms with Crippen LogP contribution >= 0.6 is 0 Å². The third-order valence-corrected chi connectivity index (χ3v) is 3.94. The SMILES string of the molecule is C#CC(C)(CC)NC(=O)c1cc(F)cnc1NC1CC(F)C1. The highest BCUT2D eigenvalue weighted by Gasteiger charge is 2.31. The van der Waals surface area contributed by atoms with Crippen LogP contribution in [0.1, 0.15) is 43.5 Å². The molecule has 1 saturated carbocycles. The lowest BCUT2D eigenvalue weighted by atomic mass is 9.90. The Kier molecular flexibility index (Phi) is 4.65. The van der Waals surface area contributed by atoms with Crippen molar-refractivity contribution in [1.29, 1.82) is 0 Å². The highest BCUT2D eigenvalue weighted by atomic mass is 19.1. The molecule has 0 spiro atoms. The first-order valence-corrected chi connectivity index (χ1v) is 7.23. The summed E-state index contributed by atoms with van der Waals surface area (Å²) >= 11 is 0. The Labute approximate surface area is 128 Å². The van der Waals surface area contributed by atoms with E-state index in [1.54, 1.807) is 6.92 Å². The maximum atomic E-state index is 13.4. The van der Waals surface area contributed by atoms with Crippen LogP contribution in [0, 0.1) is 18.2 Å². The Bertz CT molecular complexity index is 608. The number of nitrogens with one attached hydrogen (secondary N) is 2. The maximum absolute atomic E-state index is 13.4. The molecule has 1 unspecified atom stereocenters. The molecule has 2 N–H and O–H groups in total. The van der Waals surface area contributed by atoms with Gasteiger partial charge in [-0.05, 0) is 32.3 Å². The van der Waals surface area contributed by atoms with Gasteiger partial charge in [0.25, 0.3) is 5.91 Å². The van der Waals surface area contributed by atoms with Gasteiger partial charge in [-0.15, -0.1) is 6.42 Å². The van der Waals surface area contributed by atoms with Crippen LogP contribution in [-0.2, 0) is 0 Å². The van der Waals surface area contributed by atoms with E-state index >= 15 is 0 Å². The minimum atomic E-state index is -0.833. The van der Waals surface area contributed by atoms with E-state index in [1.165, 1.54) is 0 Å². The molecule has 118 valence electrons. The van der Waals surface area contributed by atoms with Gasteiger partial charge in [0.15, 0.2) is 0 Å². The number of anilines is 1. The second-order valence-electron chi connectivity index (χ2n) is 5.74. The van der Waals surface area contributed by atoms with Crippen LogP contribution in [0.3, 0.4) is 0 Å². The zero-order valence-electron chi connectivity index (χ0n) is 12.6. The van der Waals surface area contributed by atoms with Gasteiger partial charge in [-0.25, -0.2) is 13.8 Å². The van der Waals surface area contributed by atoms with Crippen LogP contribution in [0.15, 0.2) is 12.3 Å². The van der Waals surface area contributed by atoms with Gasteiger partial charge >= 0.3 is 0 Å². The van der Waals surface area contributed by atoms with E-state index < -0.39 is 23.4 Å². The largest absolute Gasteiger partial charge is 0.366 e. The molecule has 1 heterocycles. The van der Waals surface area contributed by atoms with Crippen LogP contribution < -0.4 is 10.6 Å². The van der Waals surface area contributed by atoms with Gasteiger partial charge in [0.1, 0.15) is 17.8 Å². The summed E-state index contributed by atoms with van der Waals surface area (Å²) < 4.78 is 26.3. The number of nitrogens with zero attached hydrogens (tertiary/aromatic N) is 1. The van der Waals surface area contributed by atoms with Crippen LogP contribution in [0.2, 0.25) is 0 Å². The van der Waals surface area contributed by atoms with E-state index in [2.05, 4.69) is 21.5 Å². The monoisotopic (exact) mass is 307 g/mol.